The lowest BCUT2D eigenvalue weighted by molar-refractivity contribution is -0.0361. The van der Waals surface area contributed by atoms with E-state index in [0.717, 1.165) is 17.3 Å². The first kappa shape index (κ1) is 20.8. The summed E-state index contributed by atoms with van der Waals surface area (Å²) in [5.74, 6) is -1.15. The first-order valence-corrected chi connectivity index (χ1v) is 10.0. The highest BCUT2D eigenvalue weighted by molar-refractivity contribution is 5.83. The van der Waals surface area contributed by atoms with Gasteiger partial charge in [0.2, 0.25) is 17.6 Å². The van der Waals surface area contributed by atoms with Crippen LogP contribution in [0, 0.1) is 12.3 Å². The number of hydrogen-bond donors (Lipinski definition) is 3. The lowest BCUT2D eigenvalue weighted by Crippen LogP contribution is -2.33. The van der Waals surface area contributed by atoms with Crippen molar-refractivity contribution >= 4 is 12.0 Å². The smallest absolute Gasteiger partial charge is 0.261 e. The average Bonchev–Trinajstić information content (AvgIpc) is 3.16. The molecule has 1 aliphatic rings. The molecular formula is C21H22F2N6O2. The van der Waals surface area contributed by atoms with Gasteiger partial charge in [0.1, 0.15) is 11.6 Å². The van der Waals surface area contributed by atoms with Gasteiger partial charge in [0.25, 0.3) is 5.56 Å². The van der Waals surface area contributed by atoms with Gasteiger partial charge in [-0.1, -0.05) is 29.4 Å². The molecular weight excluding hydrogens is 406 g/mol. The number of rotatable bonds is 6. The van der Waals surface area contributed by atoms with Crippen LogP contribution >= 0.6 is 0 Å². The van der Waals surface area contributed by atoms with Gasteiger partial charge >= 0.3 is 0 Å². The Morgan fingerprint density at radius 3 is 2.71 bits per heavy atom. The van der Waals surface area contributed by atoms with Crippen molar-refractivity contribution in [2.45, 2.75) is 51.0 Å². The number of benzene rings is 1. The van der Waals surface area contributed by atoms with Crippen LogP contribution in [0.5, 0.6) is 0 Å². The van der Waals surface area contributed by atoms with Crippen LogP contribution < -0.4 is 10.9 Å². The van der Waals surface area contributed by atoms with Gasteiger partial charge in [0, 0.05) is 44.0 Å². The number of aryl methyl sites for hydroxylation is 1. The second-order valence-electron chi connectivity index (χ2n) is 7.66. The highest BCUT2D eigenvalue weighted by Crippen LogP contribution is 2.34. The molecule has 0 unspecified atom stereocenters. The lowest BCUT2D eigenvalue weighted by Gasteiger charge is -2.29. The molecule has 3 aromatic rings. The van der Waals surface area contributed by atoms with Crippen LogP contribution in [0.3, 0.4) is 0 Å². The topological polar surface area (TPSA) is 121 Å². The zero-order chi connectivity index (χ0) is 22.0. The molecule has 10 heteroatoms. The van der Waals surface area contributed by atoms with Crippen LogP contribution in [0.2, 0.25) is 0 Å². The predicted molar refractivity (Wildman–Crippen MR) is 111 cm³/mol. The van der Waals surface area contributed by atoms with E-state index in [4.69, 9.17) is 9.93 Å². The molecule has 0 amide bonds. The zero-order valence-electron chi connectivity index (χ0n) is 16.9. The molecule has 0 atom stereocenters. The number of H-pyrrole nitrogens is 1. The van der Waals surface area contributed by atoms with E-state index >= 15 is 0 Å². The minimum Gasteiger partial charge on any atom is -0.367 e. The maximum absolute atomic E-state index is 13.5. The van der Waals surface area contributed by atoms with Crippen LogP contribution in [0.15, 0.2) is 33.6 Å². The maximum Gasteiger partial charge on any atom is 0.261 e. The number of hydrogen-bond acceptors (Lipinski definition) is 7. The van der Waals surface area contributed by atoms with Gasteiger partial charge in [-0.15, -0.1) is 0 Å². The summed E-state index contributed by atoms with van der Waals surface area (Å²) in [4.78, 5) is 24.0. The number of anilines is 1. The number of nitrogens with one attached hydrogen (secondary N) is 3. The summed E-state index contributed by atoms with van der Waals surface area (Å²) in [6, 6.07) is 7.21. The van der Waals surface area contributed by atoms with E-state index in [-0.39, 0.29) is 49.5 Å². The second kappa shape index (κ2) is 8.37. The monoisotopic (exact) mass is 428 g/mol. The summed E-state index contributed by atoms with van der Waals surface area (Å²) >= 11 is 0. The van der Waals surface area contributed by atoms with Gasteiger partial charge in [0.15, 0.2) is 0 Å². The zero-order valence-corrected chi connectivity index (χ0v) is 16.9. The largest absolute Gasteiger partial charge is 0.367 e. The maximum atomic E-state index is 13.5. The van der Waals surface area contributed by atoms with Crippen molar-refractivity contribution < 1.29 is 13.3 Å². The molecule has 1 aliphatic carbocycles. The van der Waals surface area contributed by atoms with Crippen molar-refractivity contribution in [3.63, 3.8) is 0 Å². The second-order valence-corrected chi connectivity index (χ2v) is 7.66. The van der Waals surface area contributed by atoms with Crippen molar-refractivity contribution in [2.24, 2.45) is 0 Å². The molecule has 162 valence electrons. The quantitative estimate of drug-likeness (QED) is 0.515. The Bertz CT molecular complexity index is 1150. The Hall–Kier alpha value is -3.43. The Kier molecular flexibility index (Phi) is 5.62. The van der Waals surface area contributed by atoms with Crippen LogP contribution in [0.4, 0.5) is 14.6 Å². The minimum absolute atomic E-state index is 0.0724. The van der Waals surface area contributed by atoms with Crippen LogP contribution in [0.1, 0.15) is 48.5 Å². The summed E-state index contributed by atoms with van der Waals surface area (Å²) in [6.45, 7) is 1.70. The standard InChI is InChI=1S/C21H22F2N6O2/c1-12-25-19(29-31-12)15-5-3-2-4-13(15)10-17-27-18(16(11-24)20(30)28-17)26-14-6-8-21(22,23)9-7-14/h2-5,11,14,24H,6-10H2,1H3,(H2,26,27,28,30). The molecule has 4 rings (SSSR count). The SMILES string of the molecule is Cc1nc(-c2ccccc2Cc2nc(NC3CCC(F)(F)CC3)c(C=N)c(=O)[nH]2)no1. The van der Waals surface area contributed by atoms with E-state index in [9.17, 15) is 13.6 Å². The molecule has 3 N–H and O–H groups in total. The Labute approximate surface area is 176 Å². The fourth-order valence-electron chi connectivity index (χ4n) is 3.72. The average molecular weight is 428 g/mol. The van der Waals surface area contributed by atoms with Crippen molar-refractivity contribution in [1.29, 1.82) is 5.41 Å². The lowest BCUT2D eigenvalue weighted by atomic mass is 9.92. The fraction of sp³-hybridized carbons (Fsp3) is 0.381. The number of aromatic nitrogens is 4. The van der Waals surface area contributed by atoms with Crippen molar-refractivity contribution in [1.82, 2.24) is 20.1 Å². The Balaban J connectivity index is 1.62. The van der Waals surface area contributed by atoms with Crippen LogP contribution in [-0.4, -0.2) is 38.3 Å². The van der Waals surface area contributed by atoms with Gasteiger partial charge in [-0.2, -0.15) is 4.98 Å². The van der Waals surface area contributed by atoms with Crippen molar-refractivity contribution in [3.05, 3.63) is 57.5 Å². The molecule has 2 heterocycles. The highest BCUT2D eigenvalue weighted by Gasteiger charge is 2.35. The summed E-state index contributed by atoms with van der Waals surface area (Å²) < 4.78 is 32.0. The fourth-order valence-corrected chi connectivity index (χ4v) is 3.72. The van der Waals surface area contributed by atoms with E-state index in [1.807, 2.05) is 24.3 Å². The molecule has 0 radical (unpaired) electrons. The first-order valence-electron chi connectivity index (χ1n) is 10.0. The third-order valence-electron chi connectivity index (χ3n) is 5.35. The van der Waals surface area contributed by atoms with E-state index in [2.05, 4.69) is 25.4 Å². The molecule has 1 fully saturated rings. The third-order valence-corrected chi connectivity index (χ3v) is 5.35. The molecule has 0 saturated heterocycles. The van der Waals surface area contributed by atoms with Gasteiger partial charge in [0.05, 0.1) is 5.56 Å². The van der Waals surface area contributed by atoms with E-state index < -0.39 is 11.5 Å². The summed E-state index contributed by atoms with van der Waals surface area (Å²) in [6.07, 6.45) is 1.33. The summed E-state index contributed by atoms with van der Waals surface area (Å²) in [7, 11) is 0. The summed E-state index contributed by atoms with van der Waals surface area (Å²) in [5.41, 5.74) is 1.19. The molecule has 31 heavy (non-hydrogen) atoms. The van der Waals surface area contributed by atoms with Crippen molar-refractivity contribution in [2.75, 3.05) is 5.32 Å². The molecule has 2 aromatic heterocycles. The first-order chi connectivity index (χ1) is 14.8. The molecule has 1 saturated carbocycles. The highest BCUT2D eigenvalue weighted by atomic mass is 19.3. The molecule has 8 nitrogen and oxygen atoms in total. The molecule has 0 aliphatic heterocycles. The Morgan fingerprint density at radius 1 is 1.29 bits per heavy atom. The van der Waals surface area contributed by atoms with E-state index in [1.54, 1.807) is 6.92 Å². The molecule has 0 bridgehead atoms. The van der Waals surface area contributed by atoms with E-state index in [1.165, 1.54) is 0 Å². The predicted octanol–water partition coefficient (Wildman–Crippen LogP) is 3.71. The normalized spacial score (nSPS) is 16.2. The number of nitrogens with zero attached hydrogens (tertiary/aromatic N) is 3. The van der Waals surface area contributed by atoms with Gasteiger partial charge in [-0.25, -0.2) is 13.8 Å². The van der Waals surface area contributed by atoms with Crippen molar-refractivity contribution in [3.8, 4) is 11.4 Å². The number of aromatic amines is 1. The minimum atomic E-state index is -2.65. The van der Waals surface area contributed by atoms with Crippen LogP contribution in [-0.2, 0) is 6.42 Å². The van der Waals surface area contributed by atoms with Gasteiger partial charge in [-0.05, 0) is 18.4 Å². The van der Waals surface area contributed by atoms with Gasteiger partial charge < -0.3 is 20.2 Å². The summed E-state index contributed by atoms with van der Waals surface area (Å²) in [5, 5.41) is 14.6. The van der Waals surface area contributed by atoms with Crippen LogP contribution in [0.25, 0.3) is 11.4 Å². The Morgan fingerprint density at radius 2 is 2.03 bits per heavy atom. The van der Waals surface area contributed by atoms with E-state index in [0.29, 0.717) is 17.5 Å². The van der Waals surface area contributed by atoms with Gasteiger partial charge in [-0.3, -0.25) is 4.79 Å². The number of halogens is 2. The third kappa shape index (κ3) is 4.68. The molecule has 1 aromatic carbocycles. The number of alkyl halides is 2. The molecule has 0 spiro atoms.